The monoisotopic (exact) mass is 380 g/mol. The van der Waals surface area contributed by atoms with Crippen LogP contribution in [0.5, 0.6) is 0 Å². The van der Waals surface area contributed by atoms with Crippen molar-refractivity contribution in [2.24, 2.45) is 0 Å². The molecule has 0 spiro atoms. The summed E-state index contributed by atoms with van der Waals surface area (Å²) in [7, 11) is 0. The molecule has 1 amide bonds. The molecule has 140 valence electrons. The van der Waals surface area contributed by atoms with Crippen LogP contribution in [-0.2, 0) is 13.0 Å². The fourth-order valence-electron chi connectivity index (χ4n) is 3.53. The molecule has 2 aromatic heterocycles. The van der Waals surface area contributed by atoms with Gasteiger partial charge in [-0.05, 0) is 41.8 Å². The van der Waals surface area contributed by atoms with Crippen molar-refractivity contribution in [3.8, 4) is 0 Å². The molecule has 0 unspecified atom stereocenters. The van der Waals surface area contributed by atoms with Crippen molar-refractivity contribution in [1.29, 1.82) is 0 Å². The Kier molecular flexibility index (Phi) is 5.75. The summed E-state index contributed by atoms with van der Waals surface area (Å²) in [6.07, 6.45) is 6.42. The van der Waals surface area contributed by atoms with E-state index in [0.717, 1.165) is 42.5 Å². The summed E-state index contributed by atoms with van der Waals surface area (Å²) >= 11 is 2.01. The van der Waals surface area contributed by atoms with Crippen LogP contribution in [-0.4, -0.2) is 51.9 Å². The number of amides is 1. The molecule has 1 saturated heterocycles. The van der Waals surface area contributed by atoms with E-state index >= 15 is 0 Å². The maximum absolute atomic E-state index is 12.8. The molecule has 0 bridgehead atoms. The quantitative estimate of drug-likeness (QED) is 0.690. The molecule has 6 heteroatoms. The fraction of sp³-hybridized carbons (Fsp3) is 0.333. The fourth-order valence-corrected chi connectivity index (χ4v) is 4.51. The number of hydrogen-bond donors (Lipinski definition) is 2. The number of carbonyl (C=O) groups is 1. The van der Waals surface area contributed by atoms with Crippen LogP contribution in [0, 0.1) is 0 Å². The predicted octanol–water partition coefficient (Wildman–Crippen LogP) is 3.08. The molecule has 0 saturated carbocycles. The van der Waals surface area contributed by atoms with Gasteiger partial charge >= 0.3 is 0 Å². The first kappa shape index (κ1) is 18.1. The highest BCUT2D eigenvalue weighted by atomic mass is 32.2. The summed E-state index contributed by atoms with van der Waals surface area (Å²) in [6, 6.07) is 9.87. The van der Waals surface area contributed by atoms with E-state index in [1.54, 1.807) is 12.4 Å². The maximum Gasteiger partial charge on any atom is 0.251 e. The number of hydrogen-bond acceptors (Lipinski definition) is 4. The Labute approximate surface area is 163 Å². The minimum atomic E-state index is -0.00953. The Bertz CT molecular complexity index is 903. The van der Waals surface area contributed by atoms with Crippen LogP contribution >= 0.6 is 11.8 Å². The van der Waals surface area contributed by atoms with Crippen molar-refractivity contribution in [2.75, 3.05) is 31.1 Å². The Hall–Kier alpha value is -2.31. The second-order valence-electron chi connectivity index (χ2n) is 6.79. The first-order chi connectivity index (χ1) is 13.3. The van der Waals surface area contributed by atoms with E-state index in [4.69, 9.17) is 0 Å². The third-order valence-corrected chi connectivity index (χ3v) is 5.92. The normalized spacial score (nSPS) is 15.1. The van der Waals surface area contributed by atoms with Crippen LogP contribution in [0.1, 0.15) is 21.5 Å². The van der Waals surface area contributed by atoms with E-state index in [0.29, 0.717) is 6.54 Å². The van der Waals surface area contributed by atoms with E-state index in [1.165, 1.54) is 22.6 Å². The molecule has 1 aromatic carbocycles. The summed E-state index contributed by atoms with van der Waals surface area (Å²) < 4.78 is 0. The van der Waals surface area contributed by atoms with E-state index in [2.05, 4.69) is 26.4 Å². The molecular formula is C21H24N4OS. The van der Waals surface area contributed by atoms with Gasteiger partial charge in [0.15, 0.2) is 0 Å². The number of carbonyl (C=O) groups excluding carboxylic acids is 1. The first-order valence-electron chi connectivity index (χ1n) is 9.37. The molecule has 0 aliphatic carbocycles. The van der Waals surface area contributed by atoms with Crippen LogP contribution in [0.3, 0.4) is 0 Å². The Balaban J connectivity index is 1.48. The Morgan fingerprint density at radius 1 is 1.19 bits per heavy atom. The lowest BCUT2D eigenvalue weighted by molar-refractivity contribution is 0.0955. The summed E-state index contributed by atoms with van der Waals surface area (Å²) in [4.78, 5) is 22.7. The number of nitrogens with zero attached hydrogens (tertiary/aromatic N) is 2. The predicted molar refractivity (Wildman–Crippen MR) is 111 cm³/mol. The van der Waals surface area contributed by atoms with E-state index in [-0.39, 0.29) is 5.91 Å². The standard InChI is InChI=1S/C21H24N4OS/c26-21(23-9-6-16-4-7-22-8-5-16)18-2-1-3-19-20(18)17(14-24-19)15-25-10-12-27-13-11-25/h1-5,7-8,14,24H,6,9-13,15H2,(H,23,26). The molecule has 1 fully saturated rings. The number of benzene rings is 1. The van der Waals surface area contributed by atoms with Gasteiger partial charge < -0.3 is 10.3 Å². The van der Waals surface area contributed by atoms with Crippen LogP contribution in [0.4, 0.5) is 0 Å². The van der Waals surface area contributed by atoms with Gasteiger partial charge in [0.05, 0.1) is 0 Å². The molecule has 3 aromatic rings. The number of thioether (sulfide) groups is 1. The van der Waals surface area contributed by atoms with Gasteiger partial charge in [0.1, 0.15) is 0 Å². The van der Waals surface area contributed by atoms with Gasteiger partial charge in [-0.3, -0.25) is 14.7 Å². The highest BCUT2D eigenvalue weighted by Crippen LogP contribution is 2.25. The van der Waals surface area contributed by atoms with Gasteiger partial charge in [0.25, 0.3) is 5.91 Å². The number of aromatic amines is 1. The molecule has 1 aliphatic heterocycles. The van der Waals surface area contributed by atoms with E-state index in [9.17, 15) is 4.79 Å². The minimum absolute atomic E-state index is 0.00953. The van der Waals surface area contributed by atoms with Gasteiger partial charge in [-0.2, -0.15) is 11.8 Å². The summed E-state index contributed by atoms with van der Waals surface area (Å²) in [5.74, 6) is 2.36. The average molecular weight is 381 g/mol. The van der Waals surface area contributed by atoms with Crippen molar-refractivity contribution in [1.82, 2.24) is 20.2 Å². The second kappa shape index (κ2) is 8.59. The molecule has 4 rings (SSSR count). The summed E-state index contributed by atoms with van der Waals surface area (Å²) in [5, 5.41) is 4.12. The lowest BCUT2D eigenvalue weighted by Crippen LogP contribution is -2.32. The highest BCUT2D eigenvalue weighted by molar-refractivity contribution is 7.99. The van der Waals surface area contributed by atoms with Gasteiger partial charge in [-0.25, -0.2) is 0 Å². The van der Waals surface area contributed by atoms with Gasteiger partial charge in [0.2, 0.25) is 0 Å². The average Bonchev–Trinajstić information content (AvgIpc) is 3.12. The smallest absolute Gasteiger partial charge is 0.251 e. The van der Waals surface area contributed by atoms with Crippen molar-refractivity contribution in [3.63, 3.8) is 0 Å². The van der Waals surface area contributed by atoms with Crippen molar-refractivity contribution < 1.29 is 4.79 Å². The molecule has 1 aliphatic rings. The molecular weight excluding hydrogens is 356 g/mol. The topological polar surface area (TPSA) is 61.0 Å². The lowest BCUT2D eigenvalue weighted by Gasteiger charge is -2.26. The molecule has 3 heterocycles. The SMILES string of the molecule is O=C(NCCc1ccncc1)c1cccc2[nH]cc(CN3CCSCC3)c12. The summed E-state index contributed by atoms with van der Waals surface area (Å²) in [5.41, 5.74) is 4.16. The number of H-pyrrole nitrogens is 1. The molecule has 27 heavy (non-hydrogen) atoms. The molecule has 0 atom stereocenters. The van der Waals surface area contributed by atoms with Crippen LogP contribution < -0.4 is 5.32 Å². The van der Waals surface area contributed by atoms with Crippen molar-refractivity contribution >= 4 is 28.6 Å². The van der Waals surface area contributed by atoms with Crippen molar-refractivity contribution in [3.05, 3.63) is 65.6 Å². The Morgan fingerprint density at radius 2 is 2.00 bits per heavy atom. The molecule has 5 nitrogen and oxygen atoms in total. The number of pyridine rings is 1. The number of fused-ring (bicyclic) bond motifs is 1. The zero-order chi connectivity index (χ0) is 18.5. The zero-order valence-electron chi connectivity index (χ0n) is 15.3. The third-order valence-electron chi connectivity index (χ3n) is 4.98. The molecule has 0 radical (unpaired) electrons. The van der Waals surface area contributed by atoms with E-state index in [1.807, 2.05) is 42.1 Å². The number of nitrogens with one attached hydrogen (secondary N) is 2. The van der Waals surface area contributed by atoms with Crippen LogP contribution in [0.25, 0.3) is 10.9 Å². The molecule has 2 N–H and O–H groups in total. The summed E-state index contributed by atoms with van der Waals surface area (Å²) in [6.45, 7) is 3.72. The minimum Gasteiger partial charge on any atom is -0.361 e. The second-order valence-corrected chi connectivity index (χ2v) is 8.02. The maximum atomic E-state index is 12.8. The van der Waals surface area contributed by atoms with Crippen molar-refractivity contribution in [2.45, 2.75) is 13.0 Å². The number of rotatable bonds is 6. The van der Waals surface area contributed by atoms with E-state index < -0.39 is 0 Å². The first-order valence-corrected chi connectivity index (χ1v) is 10.5. The van der Waals surface area contributed by atoms with Gasteiger partial charge in [0, 0.05) is 72.7 Å². The van der Waals surface area contributed by atoms with Crippen LogP contribution in [0.15, 0.2) is 48.9 Å². The largest absolute Gasteiger partial charge is 0.361 e. The van der Waals surface area contributed by atoms with Gasteiger partial charge in [-0.1, -0.05) is 6.07 Å². The van der Waals surface area contributed by atoms with Gasteiger partial charge in [-0.15, -0.1) is 0 Å². The van der Waals surface area contributed by atoms with Crippen LogP contribution in [0.2, 0.25) is 0 Å². The zero-order valence-corrected chi connectivity index (χ0v) is 16.1. The lowest BCUT2D eigenvalue weighted by atomic mass is 10.0. The third kappa shape index (κ3) is 4.34. The Morgan fingerprint density at radius 3 is 2.81 bits per heavy atom. The highest BCUT2D eigenvalue weighted by Gasteiger charge is 2.17. The number of aromatic nitrogens is 2.